The minimum absolute atomic E-state index is 0.136. The highest BCUT2D eigenvalue weighted by Crippen LogP contribution is 2.16. The van der Waals surface area contributed by atoms with E-state index in [4.69, 9.17) is 4.43 Å². The van der Waals surface area contributed by atoms with Crippen molar-refractivity contribution in [3.8, 4) is 0 Å². The lowest BCUT2D eigenvalue weighted by Crippen LogP contribution is -2.23. The van der Waals surface area contributed by atoms with E-state index in [1.165, 1.54) is 51.3 Å². The van der Waals surface area contributed by atoms with Gasteiger partial charge in [0.1, 0.15) is 0 Å². The quantitative estimate of drug-likeness (QED) is 0.396. The van der Waals surface area contributed by atoms with E-state index in [0.717, 1.165) is 19.7 Å². The molecular formula is C13H27NO3Si. The maximum atomic E-state index is 10.9. The van der Waals surface area contributed by atoms with Gasteiger partial charge in [-0.25, -0.2) is 0 Å². The van der Waals surface area contributed by atoms with Crippen LogP contribution in [0.5, 0.6) is 0 Å². The van der Waals surface area contributed by atoms with Gasteiger partial charge < -0.3 is 14.5 Å². The first kappa shape index (κ1) is 15.7. The lowest BCUT2D eigenvalue weighted by atomic mass is 10.2. The Labute approximate surface area is 112 Å². The molecule has 5 heteroatoms. The van der Waals surface area contributed by atoms with E-state index in [9.17, 15) is 4.79 Å². The Morgan fingerprint density at radius 3 is 2.89 bits per heavy atom. The molecule has 0 spiro atoms. The minimum Gasteiger partial charge on any atom is -0.469 e. The van der Waals surface area contributed by atoms with E-state index >= 15 is 0 Å². The Bertz CT molecular complexity index is 220. The lowest BCUT2D eigenvalue weighted by Gasteiger charge is -2.20. The SMILES string of the molecule is COC(=O)CCNCCCCC[SiH]1CCCCO1. The average molecular weight is 273 g/mol. The molecule has 0 aromatic carbocycles. The van der Waals surface area contributed by atoms with E-state index < -0.39 is 9.04 Å². The van der Waals surface area contributed by atoms with Crippen molar-refractivity contribution in [1.82, 2.24) is 5.32 Å². The van der Waals surface area contributed by atoms with Crippen LogP contribution >= 0.6 is 0 Å². The summed E-state index contributed by atoms with van der Waals surface area (Å²) in [6.07, 6.45) is 6.93. The Hall–Kier alpha value is -0.393. The van der Waals surface area contributed by atoms with Crippen molar-refractivity contribution < 1.29 is 14.0 Å². The first-order chi connectivity index (χ1) is 8.83. The molecule has 106 valence electrons. The number of hydrogen-bond acceptors (Lipinski definition) is 4. The third-order valence-electron chi connectivity index (χ3n) is 3.39. The van der Waals surface area contributed by atoms with Crippen molar-refractivity contribution >= 4 is 15.0 Å². The fourth-order valence-corrected chi connectivity index (χ4v) is 4.86. The number of carbonyl (C=O) groups excluding carboxylic acids is 1. The average Bonchev–Trinajstić information content (AvgIpc) is 2.42. The van der Waals surface area contributed by atoms with E-state index in [2.05, 4.69) is 10.1 Å². The molecule has 0 aromatic rings. The molecule has 1 atom stereocenters. The zero-order valence-corrected chi connectivity index (χ0v) is 12.7. The van der Waals surface area contributed by atoms with Gasteiger partial charge in [0.25, 0.3) is 0 Å². The van der Waals surface area contributed by atoms with E-state index in [1.54, 1.807) is 0 Å². The summed E-state index contributed by atoms with van der Waals surface area (Å²) < 4.78 is 10.4. The molecule has 4 nitrogen and oxygen atoms in total. The van der Waals surface area contributed by atoms with Crippen LogP contribution in [0.15, 0.2) is 0 Å². The molecule has 1 unspecified atom stereocenters. The molecule has 0 amide bonds. The number of ether oxygens (including phenoxy) is 1. The third-order valence-corrected chi connectivity index (χ3v) is 6.20. The van der Waals surface area contributed by atoms with Crippen molar-refractivity contribution in [2.24, 2.45) is 0 Å². The molecule has 1 aliphatic heterocycles. The summed E-state index contributed by atoms with van der Waals surface area (Å²) in [6.45, 7) is 2.75. The van der Waals surface area contributed by atoms with Crippen molar-refractivity contribution in [3.63, 3.8) is 0 Å². The smallest absolute Gasteiger partial charge is 0.306 e. The molecule has 0 aromatic heterocycles. The summed E-state index contributed by atoms with van der Waals surface area (Å²) in [7, 11) is 0.640. The molecular weight excluding hydrogens is 246 g/mol. The maximum absolute atomic E-state index is 10.9. The zero-order chi connectivity index (χ0) is 13.1. The van der Waals surface area contributed by atoms with Crippen LogP contribution in [0.3, 0.4) is 0 Å². The van der Waals surface area contributed by atoms with Crippen LogP contribution in [-0.2, 0) is 14.0 Å². The molecule has 1 rings (SSSR count). The topological polar surface area (TPSA) is 47.6 Å². The largest absolute Gasteiger partial charge is 0.469 e. The summed E-state index contributed by atoms with van der Waals surface area (Å²) in [5.74, 6) is -0.136. The summed E-state index contributed by atoms with van der Waals surface area (Å²) in [6, 6.07) is 2.74. The number of nitrogens with one attached hydrogen (secondary N) is 1. The number of carbonyl (C=O) groups is 1. The van der Waals surface area contributed by atoms with Gasteiger partial charge in [0, 0.05) is 13.2 Å². The second-order valence-corrected chi connectivity index (χ2v) is 7.65. The van der Waals surface area contributed by atoms with Crippen LogP contribution in [-0.4, -0.2) is 41.8 Å². The molecule has 0 radical (unpaired) electrons. The standard InChI is InChI=1S/C13H27NO3Si/c1-16-13(15)7-9-14-8-3-2-5-11-18-12-6-4-10-17-18/h14,18H,2-12H2,1H3. The van der Waals surface area contributed by atoms with Crippen LogP contribution in [0, 0.1) is 0 Å². The first-order valence-electron chi connectivity index (χ1n) is 7.22. The highest BCUT2D eigenvalue weighted by Gasteiger charge is 2.14. The van der Waals surface area contributed by atoms with E-state index in [0.29, 0.717) is 6.42 Å². The van der Waals surface area contributed by atoms with Crippen molar-refractivity contribution in [3.05, 3.63) is 0 Å². The zero-order valence-electron chi connectivity index (χ0n) is 11.6. The molecule has 1 heterocycles. The van der Waals surface area contributed by atoms with Crippen LogP contribution in [0.4, 0.5) is 0 Å². The molecule has 1 saturated heterocycles. The summed E-state index contributed by atoms with van der Waals surface area (Å²) in [5.41, 5.74) is 0. The van der Waals surface area contributed by atoms with Gasteiger partial charge in [-0.2, -0.15) is 0 Å². The summed E-state index contributed by atoms with van der Waals surface area (Å²) in [5, 5.41) is 3.27. The fourth-order valence-electron chi connectivity index (χ4n) is 2.25. The van der Waals surface area contributed by atoms with Gasteiger partial charge in [0.2, 0.25) is 0 Å². The number of hydrogen-bond donors (Lipinski definition) is 1. The molecule has 0 saturated carbocycles. The number of unbranched alkanes of at least 4 members (excludes halogenated alkanes) is 2. The third kappa shape index (κ3) is 7.84. The van der Waals surface area contributed by atoms with Gasteiger partial charge in [0.05, 0.1) is 13.5 Å². The van der Waals surface area contributed by atoms with Crippen LogP contribution in [0.2, 0.25) is 12.1 Å². The highest BCUT2D eigenvalue weighted by molar-refractivity contribution is 6.51. The minimum atomic E-state index is -0.791. The first-order valence-corrected chi connectivity index (χ1v) is 9.32. The van der Waals surface area contributed by atoms with Gasteiger partial charge >= 0.3 is 5.97 Å². The van der Waals surface area contributed by atoms with Crippen LogP contribution < -0.4 is 5.32 Å². The Balaban J connectivity index is 1.79. The predicted molar refractivity (Wildman–Crippen MR) is 75.3 cm³/mol. The molecule has 18 heavy (non-hydrogen) atoms. The molecule has 1 N–H and O–H groups in total. The van der Waals surface area contributed by atoms with Crippen LogP contribution in [0.1, 0.15) is 38.5 Å². The highest BCUT2D eigenvalue weighted by atomic mass is 28.3. The predicted octanol–water partition coefficient (Wildman–Crippen LogP) is 1.84. The van der Waals surface area contributed by atoms with Crippen molar-refractivity contribution in [2.75, 3.05) is 26.8 Å². The number of esters is 1. The van der Waals surface area contributed by atoms with Gasteiger partial charge in [-0.1, -0.05) is 19.3 Å². The van der Waals surface area contributed by atoms with E-state index in [-0.39, 0.29) is 5.97 Å². The monoisotopic (exact) mass is 273 g/mol. The van der Waals surface area contributed by atoms with Crippen LogP contribution in [0.25, 0.3) is 0 Å². The molecule has 0 aliphatic carbocycles. The summed E-state index contributed by atoms with van der Waals surface area (Å²) in [4.78, 5) is 10.9. The fraction of sp³-hybridized carbons (Fsp3) is 0.923. The van der Waals surface area contributed by atoms with Crippen molar-refractivity contribution in [1.29, 1.82) is 0 Å². The Kier molecular flexibility index (Phi) is 9.16. The number of rotatable bonds is 9. The Morgan fingerprint density at radius 1 is 1.28 bits per heavy atom. The van der Waals surface area contributed by atoms with Gasteiger partial charge in [-0.05, 0) is 31.5 Å². The summed E-state index contributed by atoms with van der Waals surface area (Å²) >= 11 is 0. The maximum Gasteiger partial charge on any atom is 0.306 e. The number of methoxy groups -OCH3 is 1. The van der Waals surface area contributed by atoms with Gasteiger partial charge in [-0.3, -0.25) is 4.79 Å². The van der Waals surface area contributed by atoms with Gasteiger partial charge in [0.15, 0.2) is 9.04 Å². The van der Waals surface area contributed by atoms with E-state index in [1.807, 2.05) is 0 Å². The van der Waals surface area contributed by atoms with Gasteiger partial charge in [-0.15, -0.1) is 0 Å². The lowest BCUT2D eigenvalue weighted by molar-refractivity contribution is -0.140. The second-order valence-electron chi connectivity index (χ2n) is 4.91. The normalized spacial score (nSPS) is 19.7. The van der Waals surface area contributed by atoms with Crippen molar-refractivity contribution in [2.45, 2.75) is 50.6 Å². The molecule has 1 aliphatic rings. The molecule has 1 fully saturated rings. The Morgan fingerprint density at radius 2 is 2.17 bits per heavy atom. The molecule has 0 bridgehead atoms. The second kappa shape index (κ2) is 10.5.